The van der Waals surface area contributed by atoms with Crippen LogP contribution in [-0.4, -0.2) is 49.1 Å². The fourth-order valence-electron chi connectivity index (χ4n) is 4.40. The van der Waals surface area contributed by atoms with Gasteiger partial charge in [0, 0.05) is 0 Å². The molecule has 2 heteroatoms. The Hall–Kier alpha value is -1.12. The van der Waals surface area contributed by atoms with Crippen molar-refractivity contribution in [3.8, 4) is 0 Å². The highest BCUT2D eigenvalue weighted by atomic mass is 15.1. The van der Waals surface area contributed by atoms with Gasteiger partial charge < -0.3 is 9.80 Å². The highest BCUT2D eigenvalue weighted by Gasteiger charge is 2.00. The molecule has 0 atom stereocenters. The molecule has 0 heterocycles. The summed E-state index contributed by atoms with van der Waals surface area (Å²) in [4.78, 5) is 5.03. The average molecular weight is 473 g/mol. The first-order chi connectivity index (χ1) is 16.4. The van der Waals surface area contributed by atoms with Crippen LogP contribution in [0.15, 0.2) is 46.6 Å². The van der Waals surface area contributed by atoms with E-state index in [4.69, 9.17) is 0 Å². The lowest BCUT2D eigenvalue weighted by molar-refractivity contribution is 0.300. The Kier molecular flexibility index (Phi) is 21.6. The van der Waals surface area contributed by atoms with Crippen LogP contribution in [0.5, 0.6) is 0 Å². The molecule has 198 valence electrons. The Balaban J connectivity index is 4.03. The highest BCUT2D eigenvalue weighted by molar-refractivity contribution is 5.06. The topological polar surface area (TPSA) is 6.48 Å². The van der Waals surface area contributed by atoms with Crippen molar-refractivity contribution in [3.63, 3.8) is 0 Å². The van der Waals surface area contributed by atoms with Gasteiger partial charge >= 0.3 is 0 Å². The summed E-state index contributed by atoms with van der Waals surface area (Å²) < 4.78 is 0. The van der Waals surface area contributed by atoms with E-state index in [0.29, 0.717) is 0 Å². The summed E-state index contributed by atoms with van der Waals surface area (Å²) in [6.07, 6.45) is 22.0. The summed E-state index contributed by atoms with van der Waals surface area (Å²) >= 11 is 0. The highest BCUT2D eigenvalue weighted by Crippen LogP contribution is 2.14. The van der Waals surface area contributed by atoms with Crippen LogP contribution in [0.3, 0.4) is 0 Å². The maximum atomic E-state index is 2.52. The van der Waals surface area contributed by atoms with Gasteiger partial charge in [-0.25, -0.2) is 0 Å². The maximum absolute atomic E-state index is 2.52. The molecule has 0 aliphatic rings. The minimum Gasteiger partial charge on any atom is -0.304 e. The molecule has 0 aromatic rings. The van der Waals surface area contributed by atoms with Crippen LogP contribution in [0.1, 0.15) is 120 Å². The minimum atomic E-state index is 1.17. The number of nitrogens with zero attached hydrogens (tertiary/aromatic N) is 2. The van der Waals surface area contributed by atoms with Gasteiger partial charge in [-0.15, -0.1) is 0 Å². The van der Waals surface area contributed by atoms with E-state index in [-0.39, 0.29) is 0 Å². The van der Waals surface area contributed by atoms with Crippen LogP contribution in [-0.2, 0) is 0 Å². The smallest absolute Gasteiger partial charge is 0.00159 e. The SMILES string of the molecule is CCN(CC)CCC/C(C)=C/CC/C(C)=C/CC/C=C(\C)CC/C=C(\C)CCCN(CC)CC. The second-order valence-electron chi connectivity index (χ2n) is 10.1. The van der Waals surface area contributed by atoms with Crippen molar-refractivity contribution in [3.05, 3.63) is 46.6 Å². The Labute approximate surface area is 215 Å². The van der Waals surface area contributed by atoms with E-state index in [1.165, 1.54) is 103 Å². The fraction of sp³-hybridized carbons (Fsp3) is 0.750. The molecule has 0 unspecified atom stereocenters. The lowest BCUT2D eigenvalue weighted by Gasteiger charge is -2.17. The molecule has 0 N–H and O–H groups in total. The molecule has 0 amide bonds. The van der Waals surface area contributed by atoms with E-state index in [0.717, 1.165) is 0 Å². The zero-order valence-corrected chi connectivity index (χ0v) is 24.5. The minimum absolute atomic E-state index is 1.17. The predicted molar refractivity (Wildman–Crippen MR) is 157 cm³/mol. The van der Waals surface area contributed by atoms with Crippen molar-refractivity contribution in [1.82, 2.24) is 9.80 Å². The molecule has 0 bridgehead atoms. The van der Waals surface area contributed by atoms with Crippen LogP contribution in [0, 0.1) is 0 Å². The Bertz CT molecular complexity index is 547. The molecule has 0 fully saturated rings. The van der Waals surface area contributed by atoms with Gasteiger partial charge in [-0.2, -0.15) is 0 Å². The summed E-state index contributed by atoms with van der Waals surface area (Å²) in [7, 11) is 0. The molecule has 0 aromatic heterocycles. The van der Waals surface area contributed by atoms with Crippen LogP contribution in [0.25, 0.3) is 0 Å². The quantitative estimate of drug-likeness (QED) is 0.121. The molecule has 0 spiro atoms. The van der Waals surface area contributed by atoms with Gasteiger partial charge in [-0.05, 0) is 131 Å². The normalized spacial score (nSPS) is 14.1. The van der Waals surface area contributed by atoms with E-state index >= 15 is 0 Å². The van der Waals surface area contributed by atoms with Crippen molar-refractivity contribution in [2.75, 3.05) is 39.3 Å². The second-order valence-corrected chi connectivity index (χ2v) is 10.1. The molecule has 0 rings (SSSR count). The van der Waals surface area contributed by atoms with E-state index in [9.17, 15) is 0 Å². The number of rotatable bonds is 21. The van der Waals surface area contributed by atoms with E-state index < -0.39 is 0 Å². The van der Waals surface area contributed by atoms with E-state index in [1.54, 1.807) is 22.3 Å². The maximum Gasteiger partial charge on any atom is -0.00159 e. The van der Waals surface area contributed by atoms with Gasteiger partial charge in [0.1, 0.15) is 0 Å². The molecular formula is C32H60N2. The lowest BCUT2D eigenvalue weighted by Crippen LogP contribution is -2.23. The zero-order valence-electron chi connectivity index (χ0n) is 24.5. The van der Waals surface area contributed by atoms with Crippen LogP contribution in [0.4, 0.5) is 0 Å². The van der Waals surface area contributed by atoms with Crippen molar-refractivity contribution < 1.29 is 0 Å². The third-order valence-electron chi connectivity index (χ3n) is 7.09. The van der Waals surface area contributed by atoms with Gasteiger partial charge in [0.05, 0.1) is 0 Å². The van der Waals surface area contributed by atoms with Crippen LogP contribution in [0.2, 0.25) is 0 Å². The number of unbranched alkanes of at least 4 members (excludes halogenated alkanes) is 1. The molecule has 34 heavy (non-hydrogen) atoms. The molecule has 2 nitrogen and oxygen atoms in total. The number of allylic oxidation sites excluding steroid dienone is 8. The van der Waals surface area contributed by atoms with Gasteiger partial charge in [0.15, 0.2) is 0 Å². The number of hydrogen-bond acceptors (Lipinski definition) is 2. The second kappa shape index (κ2) is 22.4. The molecule has 0 aliphatic heterocycles. The van der Waals surface area contributed by atoms with Gasteiger partial charge in [0.2, 0.25) is 0 Å². The van der Waals surface area contributed by atoms with Crippen molar-refractivity contribution in [1.29, 1.82) is 0 Å². The molecule has 0 aliphatic carbocycles. The average Bonchev–Trinajstić information content (AvgIpc) is 2.82. The van der Waals surface area contributed by atoms with Crippen LogP contribution >= 0.6 is 0 Å². The molecule has 0 saturated heterocycles. The first-order valence-corrected chi connectivity index (χ1v) is 14.4. The Morgan fingerprint density at radius 1 is 0.441 bits per heavy atom. The van der Waals surface area contributed by atoms with E-state index in [2.05, 4.69) is 89.5 Å². The van der Waals surface area contributed by atoms with Crippen molar-refractivity contribution in [2.45, 2.75) is 120 Å². The largest absolute Gasteiger partial charge is 0.304 e. The summed E-state index contributed by atoms with van der Waals surface area (Å²) in [5.74, 6) is 0. The number of hydrogen-bond donors (Lipinski definition) is 0. The standard InChI is InChI=1S/C32H60N2/c1-9-33(10-2)27-17-25-31(7)23-15-21-29(5)19-13-14-20-30(6)22-16-24-32(8)26-18-28-34(11-3)12-4/h19-20,23-24H,9-18,21-22,25-28H2,1-8H3/b29-19+,30-20+,31-23+,32-24+. The van der Waals surface area contributed by atoms with Crippen molar-refractivity contribution in [2.24, 2.45) is 0 Å². The first kappa shape index (κ1) is 32.9. The summed E-state index contributed by atoms with van der Waals surface area (Å²) in [5, 5.41) is 0. The van der Waals surface area contributed by atoms with Crippen LogP contribution < -0.4 is 0 Å². The summed E-state index contributed by atoms with van der Waals surface area (Å²) in [6, 6.07) is 0. The third kappa shape index (κ3) is 19.2. The zero-order chi connectivity index (χ0) is 25.6. The monoisotopic (exact) mass is 472 g/mol. The van der Waals surface area contributed by atoms with Gasteiger partial charge in [-0.3, -0.25) is 0 Å². The molecule has 0 saturated carbocycles. The first-order valence-electron chi connectivity index (χ1n) is 14.4. The summed E-state index contributed by atoms with van der Waals surface area (Å²) in [5.41, 5.74) is 6.21. The Morgan fingerprint density at radius 2 is 0.735 bits per heavy atom. The predicted octanol–water partition coefficient (Wildman–Crippen LogP) is 9.36. The third-order valence-corrected chi connectivity index (χ3v) is 7.09. The molecular weight excluding hydrogens is 412 g/mol. The fourth-order valence-corrected chi connectivity index (χ4v) is 4.40. The Morgan fingerprint density at radius 3 is 1.06 bits per heavy atom. The van der Waals surface area contributed by atoms with Gasteiger partial charge in [0.25, 0.3) is 0 Å². The van der Waals surface area contributed by atoms with Crippen molar-refractivity contribution >= 4 is 0 Å². The molecule has 0 aromatic carbocycles. The lowest BCUT2D eigenvalue weighted by atomic mass is 10.0. The summed E-state index contributed by atoms with van der Waals surface area (Å²) in [6.45, 7) is 25.4. The van der Waals surface area contributed by atoms with Gasteiger partial charge in [-0.1, -0.05) is 74.3 Å². The van der Waals surface area contributed by atoms with E-state index in [1.807, 2.05) is 0 Å². The molecule has 0 radical (unpaired) electrons.